The molecule has 0 N–H and O–H groups in total. The highest BCUT2D eigenvalue weighted by Crippen LogP contribution is 2.29. The lowest BCUT2D eigenvalue weighted by Gasteiger charge is -2.03. The van der Waals surface area contributed by atoms with Crippen LogP contribution in [-0.4, -0.2) is 14.6 Å². The average Bonchev–Trinajstić information content (AvgIpc) is 3.06. The van der Waals surface area contributed by atoms with Gasteiger partial charge in [0.1, 0.15) is 5.03 Å². The van der Waals surface area contributed by atoms with E-state index >= 15 is 0 Å². The first-order valence-electron chi connectivity index (χ1n) is 7.98. The van der Waals surface area contributed by atoms with Crippen LogP contribution < -0.4 is 0 Å². The summed E-state index contributed by atoms with van der Waals surface area (Å²) >= 11 is 7.82. The monoisotopic (exact) mass is 365 g/mol. The zero-order valence-electron chi connectivity index (χ0n) is 13.7. The Kier molecular flexibility index (Phi) is 4.47. The molecule has 4 aromatic rings. The van der Waals surface area contributed by atoms with Gasteiger partial charge in [-0.3, -0.25) is 0 Å². The Morgan fingerprint density at radius 2 is 1.92 bits per heavy atom. The van der Waals surface area contributed by atoms with Gasteiger partial charge in [-0.15, -0.1) is 0 Å². The first-order chi connectivity index (χ1) is 12.2. The van der Waals surface area contributed by atoms with Crippen LogP contribution in [0.1, 0.15) is 11.1 Å². The largest absolute Gasteiger partial charge is 0.246 e. The normalized spacial score (nSPS) is 11.1. The van der Waals surface area contributed by atoms with Crippen molar-refractivity contribution in [2.75, 3.05) is 0 Å². The first-order valence-corrected chi connectivity index (χ1v) is 9.34. The van der Waals surface area contributed by atoms with E-state index in [1.54, 1.807) is 18.0 Å². The van der Waals surface area contributed by atoms with Gasteiger partial charge in [0.25, 0.3) is 0 Å². The molecule has 0 amide bonds. The van der Waals surface area contributed by atoms with Gasteiger partial charge in [0.2, 0.25) is 0 Å². The molecule has 0 aliphatic heterocycles. The Bertz CT molecular complexity index is 1020. The summed E-state index contributed by atoms with van der Waals surface area (Å²) in [5.41, 5.74) is 5.47. The van der Waals surface area contributed by atoms with Gasteiger partial charge in [-0.1, -0.05) is 65.3 Å². The van der Waals surface area contributed by atoms with Crippen LogP contribution >= 0.6 is 23.4 Å². The van der Waals surface area contributed by atoms with Gasteiger partial charge in [-0.25, -0.2) is 9.50 Å². The second-order valence-corrected chi connectivity index (χ2v) is 7.28. The summed E-state index contributed by atoms with van der Waals surface area (Å²) in [7, 11) is 0. The number of aromatic nitrogens is 3. The van der Waals surface area contributed by atoms with E-state index in [-0.39, 0.29) is 0 Å². The molecular formula is C20H16ClN3S. The first kappa shape index (κ1) is 16.2. The van der Waals surface area contributed by atoms with Crippen molar-refractivity contribution < 1.29 is 0 Å². The summed E-state index contributed by atoms with van der Waals surface area (Å²) in [6, 6.07) is 18.4. The van der Waals surface area contributed by atoms with Crippen molar-refractivity contribution in [3.05, 3.63) is 83.1 Å². The van der Waals surface area contributed by atoms with Gasteiger partial charge >= 0.3 is 0 Å². The summed E-state index contributed by atoms with van der Waals surface area (Å²) in [5, 5.41) is 6.34. The molecule has 0 unspecified atom stereocenters. The predicted molar refractivity (Wildman–Crippen MR) is 104 cm³/mol. The molecule has 0 radical (unpaired) electrons. The predicted octanol–water partition coefficient (Wildman–Crippen LogP) is 5.65. The van der Waals surface area contributed by atoms with Gasteiger partial charge in [0.15, 0.2) is 0 Å². The van der Waals surface area contributed by atoms with E-state index in [2.05, 4.69) is 47.3 Å². The van der Waals surface area contributed by atoms with Gasteiger partial charge in [0.05, 0.1) is 11.2 Å². The fourth-order valence-corrected chi connectivity index (χ4v) is 3.76. The maximum atomic E-state index is 6.10. The number of benzene rings is 2. The minimum Gasteiger partial charge on any atom is -0.246 e. The minimum atomic E-state index is 0.710. The van der Waals surface area contributed by atoms with Crippen molar-refractivity contribution in [2.45, 2.75) is 17.7 Å². The number of hydrogen-bond acceptors (Lipinski definition) is 3. The highest BCUT2D eigenvalue weighted by atomic mass is 35.5. The van der Waals surface area contributed by atoms with E-state index in [0.29, 0.717) is 5.02 Å². The lowest BCUT2D eigenvalue weighted by molar-refractivity contribution is 0.920. The number of thioether (sulfide) groups is 1. The number of nitrogens with zero attached hydrogens (tertiary/aromatic N) is 3. The van der Waals surface area contributed by atoms with E-state index in [9.17, 15) is 0 Å². The summed E-state index contributed by atoms with van der Waals surface area (Å²) in [6.45, 7) is 2.10. The zero-order valence-corrected chi connectivity index (χ0v) is 15.3. The molecule has 5 heteroatoms. The molecule has 0 atom stereocenters. The van der Waals surface area contributed by atoms with Crippen molar-refractivity contribution in [3.63, 3.8) is 0 Å². The highest BCUT2D eigenvalue weighted by molar-refractivity contribution is 7.98. The molecule has 2 aromatic heterocycles. The molecule has 2 aromatic carbocycles. The zero-order chi connectivity index (χ0) is 17.2. The van der Waals surface area contributed by atoms with Crippen LogP contribution in [0.2, 0.25) is 5.02 Å². The second kappa shape index (κ2) is 6.90. The summed E-state index contributed by atoms with van der Waals surface area (Å²) < 4.78 is 1.88. The third-order valence-electron chi connectivity index (χ3n) is 3.97. The number of hydrogen-bond donors (Lipinski definition) is 0. The molecule has 0 saturated carbocycles. The van der Waals surface area contributed by atoms with Gasteiger partial charge in [-0.05, 0) is 30.7 Å². The molecule has 25 heavy (non-hydrogen) atoms. The van der Waals surface area contributed by atoms with Crippen LogP contribution in [0.3, 0.4) is 0 Å². The molecule has 2 heterocycles. The van der Waals surface area contributed by atoms with E-state index < -0.39 is 0 Å². The van der Waals surface area contributed by atoms with Crippen LogP contribution in [0.5, 0.6) is 0 Å². The molecule has 0 aliphatic carbocycles. The van der Waals surface area contributed by atoms with Crippen molar-refractivity contribution in [1.82, 2.24) is 14.6 Å². The maximum Gasteiger partial charge on any atom is 0.122 e. The third kappa shape index (κ3) is 3.55. The van der Waals surface area contributed by atoms with Gasteiger partial charge < -0.3 is 0 Å². The Balaban J connectivity index is 1.64. The van der Waals surface area contributed by atoms with E-state index in [0.717, 1.165) is 27.6 Å². The third-order valence-corrected chi connectivity index (χ3v) is 5.27. The van der Waals surface area contributed by atoms with Crippen LogP contribution in [0, 0.1) is 6.92 Å². The summed E-state index contributed by atoms with van der Waals surface area (Å²) in [5.74, 6) is 0.880. The van der Waals surface area contributed by atoms with E-state index in [1.807, 2.05) is 35.0 Å². The Morgan fingerprint density at radius 1 is 1.08 bits per heavy atom. The Labute approximate surface area is 155 Å². The molecular weight excluding hydrogens is 350 g/mol. The summed E-state index contributed by atoms with van der Waals surface area (Å²) in [4.78, 5) is 4.54. The lowest BCUT2D eigenvalue weighted by atomic mass is 10.1. The van der Waals surface area contributed by atoms with Gasteiger partial charge in [0, 0.05) is 28.7 Å². The van der Waals surface area contributed by atoms with Crippen molar-refractivity contribution in [1.29, 1.82) is 0 Å². The molecule has 4 rings (SSSR count). The SMILES string of the molecule is Cc1ccc(CSc2nccn3nc(-c4cccc(Cl)c4)cc23)cc1. The highest BCUT2D eigenvalue weighted by Gasteiger charge is 2.10. The number of halogens is 1. The molecule has 0 spiro atoms. The number of fused-ring (bicyclic) bond motifs is 1. The van der Waals surface area contributed by atoms with Crippen LogP contribution in [0.4, 0.5) is 0 Å². The van der Waals surface area contributed by atoms with Crippen molar-refractivity contribution >= 4 is 28.9 Å². The smallest absolute Gasteiger partial charge is 0.122 e. The number of rotatable bonds is 4. The Morgan fingerprint density at radius 3 is 2.72 bits per heavy atom. The summed E-state index contributed by atoms with van der Waals surface area (Å²) in [6.07, 6.45) is 3.67. The molecule has 0 aliphatic rings. The van der Waals surface area contributed by atoms with Gasteiger partial charge in [-0.2, -0.15) is 5.10 Å². The standard InChI is InChI=1S/C20H16ClN3S/c1-14-5-7-15(8-6-14)13-25-20-19-12-18(23-24(19)10-9-22-20)16-3-2-4-17(21)11-16/h2-12H,13H2,1H3. The fourth-order valence-electron chi connectivity index (χ4n) is 2.63. The average molecular weight is 366 g/mol. The van der Waals surface area contributed by atoms with Crippen LogP contribution in [0.15, 0.2) is 72.0 Å². The molecule has 0 saturated heterocycles. The number of aryl methyl sites for hydroxylation is 1. The van der Waals surface area contributed by atoms with E-state index in [4.69, 9.17) is 11.6 Å². The fraction of sp³-hybridized carbons (Fsp3) is 0.100. The maximum absolute atomic E-state index is 6.10. The second-order valence-electron chi connectivity index (χ2n) is 5.88. The van der Waals surface area contributed by atoms with Crippen molar-refractivity contribution in [2.24, 2.45) is 0 Å². The lowest BCUT2D eigenvalue weighted by Crippen LogP contribution is -1.91. The minimum absolute atomic E-state index is 0.710. The van der Waals surface area contributed by atoms with Crippen LogP contribution in [-0.2, 0) is 5.75 Å². The molecule has 0 fully saturated rings. The quantitative estimate of drug-likeness (QED) is 0.438. The molecule has 3 nitrogen and oxygen atoms in total. The topological polar surface area (TPSA) is 30.2 Å². The van der Waals surface area contributed by atoms with Crippen molar-refractivity contribution in [3.8, 4) is 11.3 Å². The Hall–Kier alpha value is -2.30. The van der Waals surface area contributed by atoms with Crippen LogP contribution in [0.25, 0.3) is 16.8 Å². The molecule has 124 valence electrons. The van der Waals surface area contributed by atoms with E-state index in [1.165, 1.54) is 11.1 Å². The molecule has 0 bridgehead atoms.